The second-order valence-electron chi connectivity index (χ2n) is 12.8. The first-order chi connectivity index (χ1) is 24.8. The molecule has 0 radical (unpaired) electrons. The molecule has 3 heteroatoms. The standard InChI is InChI=1S/C47H30N2O/c1-2-7-31(8-3-1)32-18-22-38(23-19-32)49(40-26-27-42-43-11-6-28-48-47(43)50-45(42)30-40)39-24-20-33(21-25-39)37-17-14-35-13-16-36-15-12-34-9-4-5-10-41(34)46(36)44(35)29-37/h1-30H. The molecule has 0 saturated heterocycles. The van der Waals surface area contributed by atoms with Gasteiger partial charge in [0.25, 0.3) is 0 Å². The van der Waals surface area contributed by atoms with E-state index in [-0.39, 0.29) is 0 Å². The molecule has 0 bridgehead atoms. The van der Waals surface area contributed by atoms with Crippen molar-refractivity contribution in [1.82, 2.24) is 4.98 Å². The molecule has 0 spiro atoms. The summed E-state index contributed by atoms with van der Waals surface area (Å²) in [6, 6.07) is 63.0. The van der Waals surface area contributed by atoms with Crippen molar-refractivity contribution in [1.29, 1.82) is 0 Å². The lowest BCUT2D eigenvalue weighted by molar-refractivity contribution is 0.654. The SMILES string of the molecule is c1ccc(-c2ccc(N(c3ccc(-c4ccc5ccc6ccc7ccccc7c6c5c4)cc3)c3ccc4c(c3)oc3ncccc34)cc2)cc1. The molecule has 0 aliphatic heterocycles. The predicted octanol–water partition coefficient (Wildman–Crippen LogP) is 13.2. The van der Waals surface area contributed by atoms with E-state index in [2.05, 4.69) is 180 Å². The van der Waals surface area contributed by atoms with Gasteiger partial charge in [-0.1, -0.05) is 115 Å². The fourth-order valence-electron chi connectivity index (χ4n) is 7.43. The van der Waals surface area contributed by atoms with Crippen LogP contribution in [0.4, 0.5) is 17.1 Å². The first-order valence-corrected chi connectivity index (χ1v) is 16.9. The summed E-state index contributed by atoms with van der Waals surface area (Å²) in [6.07, 6.45) is 1.77. The fraction of sp³-hybridized carbons (Fsp3) is 0. The summed E-state index contributed by atoms with van der Waals surface area (Å²) in [5.74, 6) is 0. The van der Waals surface area contributed by atoms with Gasteiger partial charge in [-0.2, -0.15) is 0 Å². The Morgan fingerprint density at radius 1 is 0.380 bits per heavy atom. The van der Waals surface area contributed by atoms with Crippen LogP contribution in [0.1, 0.15) is 0 Å². The van der Waals surface area contributed by atoms with Crippen molar-refractivity contribution in [2.45, 2.75) is 0 Å². The van der Waals surface area contributed by atoms with Crippen LogP contribution >= 0.6 is 0 Å². The van der Waals surface area contributed by atoms with Crippen molar-refractivity contribution >= 4 is 71.4 Å². The highest BCUT2D eigenvalue weighted by Gasteiger charge is 2.17. The van der Waals surface area contributed by atoms with Crippen LogP contribution in [-0.2, 0) is 0 Å². The summed E-state index contributed by atoms with van der Waals surface area (Å²) in [7, 11) is 0. The van der Waals surface area contributed by atoms with Crippen LogP contribution in [0.3, 0.4) is 0 Å². The van der Waals surface area contributed by atoms with Gasteiger partial charge in [0.15, 0.2) is 0 Å². The molecule has 10 rings (SSSR count). The Labute approximate surface area is 289 Å². The maximum absolute atomic E-state index is 6.22. The molecule has 0 unspecified atom stereocenters. The van der Waals surface area contributed by atoms with Crippen LogP contribution in [0.25, 0.3) is 76.6 Å². The van der Waals surface area contributed by atoms with Crippen molar-refractivity contribution in [2.24, 2.45) is 0 Å². The van der Waals surface area contributed by atoms with Crippen molar-refractivity contribution < 1.29 is 4.42 Å². The van der Waals surface area contributed by atoms with E-state index in [0.717, 1.165) is 33.4 Å². The second-order valence-corrected chi connectivity index (χ2v) is 12.8. The zero-order valence-corrected chi connectivity index (χ0v) is 27.1. The Bertz CT molecular complexity index is 2850. The van der Waals surface area contributed by atoms with E-state index in [1.54, 1.807) is 6.20 Å². The van der Waals surface area contributed by atoms with Crippen LogP contribution in [0.5, 0.6) is 0 Å². The number of fused-ring (bicyclic) bond motifs is 8. The third-order valence-electron chi connectivity index (χ3n) is 9.91. The van der Waals surface area contributed by atoms with E-state index in [0.29, 0.717) is 5.71 Å². The van der Waals surface area contributed by atoms with E-state index in [1.165, 1.54) is 54.6 Å². The van der Waals surface area contributed by atoms with E-state index < -0.39 is 0 Å². The van der Waals surface area contributed by atoms with Crippen molar-refractivity contribution in [3.05, 3.63) is 182 Å². The van der Waals surface area contributed by atoms with E-state index in [1.807, 2.05) is 6.07 Å². The number of nitrogens with zero attached hydrogens (tertiary/aromatic N) is 2. The average molecular weight is 639 g/mol. The zero-order chi connectivity index (χ0) is 33.0. The van der Waals surface area contributed by atoms with Gasteiger partial charge in [-0.3, -0.25) is 0 Å². The van der Waals surface area contributed by atoms with Crippen LogP contribution < -0.4 is 4.90 Å². The second kappa shape index (κ2) is 11.5. The van der Waals surface area contributed by atoms with Crippen LogP contribution in [-0.4, -0.2) is 4.98 Å². The smallest absolute Gasteiger partial charge is 0.227 e. The minimum atomic E-state index is 0.652. The highest BCUT2D eigenvalue weighted by Crippen LogP contribution is 2.40. The molecular weight excluding hydrogens is 609 g/mol. The lowest BCUT2D eigenvalue weighted by Gasteiger charge is -2.26. The first kappa shape index (κ1) is 28.3. The summed E-state index contributed by atoms with van der Waals surface area (Å²) >= 11 is 0. The fourth-order valence-corrected chi connectivity index (χ4v) is 7.43. The minimum absolute atomic E-state index is 0.652. The quantitative estimate of drug-likeness (QED) is 0.176. The number of rotatable bonds is 5. The van der Waals surface area contributed by atoms with Crippen LogP contribution in [0.15, 0.2) is 187 Å². The van der Waals surface area contributed by atoms with Crippen molar-refractivity contribution in [3.63, 3.8) is 0 Å². The molecule has 0 aliphatic rings. The normalized spacial score (nSPS) is 11.6. The maximum Gasteiger partial charge on any atom is 0.227 e. The Kier molecular flexibility index (Phi) is 6.49. The first-order valence-electron chi connectivity index (χ1n) is 16.9. The predicted molar refractivity (Wildman–Crippen MR) is 210 cm³/mol. The molecule has 0 aliphatic carbocycles. The number of anilines is 3. The van der Waals surface area contributed by atoms with Crippen molar-refractivity contribution in [3.8, 4) is 22.3 Å². The summed E-state index contributed by atoms with van der Waals surface area (Å²) in [6.45, 7) is 0. The highest BCUT2D eigenvalue weighted by atomic mass is 16.3. The summed E-state index contributed by atoms with van der Waals surface area (Å²) < 4.78 is 6.22. The summed E-state index contributed by atoms with van der Waals surface area (Å²) in [4.78, 5) is 6.75. The maximum atomic E-state index is 6.22. The van der Waals surface area contributed by atoms with Gasteiger partial charge in [-0.05, 0) is 109 Å². The number of furan rings is 1. The van der Waals surface area contributed by atoms with Gasteiger partial charge in [0.2, 0.25) is 5.71 Å². The third kappa shape index (κ3) is 4.71. The summed E-state index contributed by atoms with van der Waals surface area (Å²) in [5, 5.41) is 9.71. The van der Waals surface area contributed by atoms with Crippen LogP contribution in [0.2, 0.25) is 0 Å². The Morgan fingerprint density at radius 2 is 0.960 bits per heavy atom. The molecule has 8 aromatic carbocycles. The molecule has 50 heavy (non-hydrogen) atoms. The zero-order valence-electron chi connectivity index (χ0n) is 27.1. The number of benzene rings is 8. The Morgan fingerprint density at radius 3 is 1.74 bits per heavy atom. The number of pyridine rings is 1. The molecule has 0 N–H and O–H groups in total. The van der Waals surface area contributed by atoms with Gasteiger partial charge in [-0.15, -0.1) is 0 Å². The van der Waals surface area contributed by atoms with Gasteiger partial charge in [-0.25, -0.2) is 4.98 Å². The molecule has 0 saturated carbocycles. The number of hydrogen-bond donors (Lipinski definition) is 0. The summed E-state index contributed by atoms with van der Waals surface area (Å²) in [5.41, 5.74) is 9.35. The minimum Gasteiger partial charge on any atom is -0.438 e. The number of aromatic nitrogens is 1. The van der Waals surface area contributed by atoms with Crippen LogP contribution in [0, 0.1) is 0 Å². The average Bonchev–Trinajstić information content (AvgIpc) is 3.56. The van der Waals surface area contributed by atoms with Gasteiger partial charge >= 0.3 is 0 Å². The monoisotopic (exact) mass is 638 g/mol. The molecule has 234 valence electrons. The number of hydrogen-bond acceptors (Lipinski definition) is 3. The molecule has 10 aromatic rings. The third-order valence-corrected chi connectivity index (χ3v) is 9.91. The van der Waals surface area contributed by atoms with Gasteiger partial charge < -0.3 is 9.32 Å². The molecular formula is C47H30N2O. The lowest BCUT2D eigenvalue weighted by Crippen LogP contribution is -2.09. The Hall–Kier alpha value is -6.71. The largest absolute Gasteiger partial charge is 0.438 e. The molecule has 3 nitrogen and oxygen atoms in total. The van der Waals surface area contributed by atoms with E-state index in [4.69, 9.17) is 4.42 Å². The Balaban J connectivity index is 1.08. The van der Waals surface area contributed by atoms with E-state index >= 15 is 0 Å². The van der Waals surface area contributed by atoms with E-state index in [9.17, 15) is 0 Å². The molecule has 0 atom stereocenters. The van der Waals surface area contributed by atoms with Crippen molar-refractivity contribution in [2.75, 3.05) is 4.90 Å². The molecule has 2 aromatic heterocycles. The molecule has 0 amide bonds. The lowest BCUT2D eigenvalue weighted by atomic mass is 9.94. The molecule has 0 fully saturated rings. The van der Waals surface area contributed by atoms with Gasteiger partial charge in [0.05, 0.1) is 0 Å². The van der Waals surface area contributed by atoms with Gasteiger partial charge in [0.1, 0.15) is 5.58 Å². The van der Waals surface area contributed by atoms with Gasteiger partial charge in [0, 0.05) is 40.1 Å². The topological polar surface area (TPSA) is 29.3 Å². The molecule has 2 heterocycles. The highest BCUT2D eigenvalue weighted by molar-refractivity contribution is 6.20.